The molecule has 0 saturated heterocycles. The third-order valence-electron chi connectivity index (χ3n) is 6.51. The van der Waals surface area contributed by atoms with Crippen LogP contribution in [0.15, 0.2) is 36.4 Å². The van der Waals surface area contributed by atoms with Gasteiger partial charge in [-0.25, -0.2) is 0 Å². The van der Waals surface area contributed by atoms with Crippen molar-refractivity contribution in [1.82, 2.24) is 15.5 Å². The summed E-state index contributed by atoms with van der Waals surface area (Å²) in [6, 6.07) is 12.3. The summed E-state index contributed by atoms with van der Waals surface area (Å²) in [7, 11) is 7.02. The average Bonchev–Trinajstić information content (AvgIpc) is 2.96. The summed E-state index contributed by atoms with van der Waals surface area (Å²) < 4.78 is 21.5. The van der Waals surface area contributed by atoms with Crippen molar-refractivity contribution in [1.29, 1.82) is 0 Å². The molecule has 0 fully saturated rings. The summed E-state index contributed by atoms with van der Waals surface area (Å²) in [5.41, 5.74) is 3.00. The fraction of sp³-hybridized carbons (Fsp3) is 0.567. The third kappa shape index (κ3) is 10.6. The van der Waals surface area contributed by atoms with E-state index < -0.39 is 0 Å². The lowest BCUT2D eigenvalue weighted by Gasteiger charge is -2.22. The zero-order valence-electron chi connectivity index (χ0n) is 24.8. The second-order valence-corrected chi connectivity index (χ2v) is 9.72. The van der Waals surface area contributed by atoms with Gasteiger partial charge in [0.1, 0.15) is 12.4 Å². The topological polar surface area (TPSA) is 93.3 Å². The average molecular weight is 545 g/mol. The van der Waals surface area contributed by atoms with E-state index in [0.717, 1.165) is 50.5 Å². The number of nitrogens with one attached hydrogen (secondary N) is 3. The van der Waals surface area contributed by atoms with E-state index >= 15 is 0 Å². The van der Waals surface area contributed by atoms with Crippen molar-refractivity contribution in [3.63, 3.8) is 0 Å². The van der Waals surface area contributed by atoms with Gasteiger partial charge in [0.25, 0.3) is 5.91 Å². The van der Waals surface area contributed by atoms with Gasteiger partial charge in [-0.05, 0) is 63.2 Å². The molecular weight excluding hydrogens is 496 g/mol. The molecule has 0 bridgehead atoms. The van der Waals surface area contributed by atoms with Gasteiger partial charge in [0.2, 0.25) is 0 Å². The zero-order valence-corrected chi connectivity index (χ0v) is 24.8. The van der Waals surface area contributed by atoms with Crippen LogP contribution in [-0.4, -0.2) is 84.1 Å². The number of hydrogen-bond donors (Lipinski definition) is 3. The molecule has 2 aromatic rings. The number of carbonyl (C=O) groups is 1. The van der Waals surface area contributed by atoms with E-state index in [0.29, 0.717) is 36.3 Å². The summed E-state index contributed by atoms with van der Waals surface area (Å²) in [4.78, 5) is 14.0. The second kappa shape index (κ2) is 17.6. The van der Waals surface area contributed by atoms with Crippen molar-refractivity contribution >= 4 is 11.6 Å². The molecule has 1 unspecified atom stereocenters. The molecule has 1 aliphatic heterocycles. The second-order valence-electron chi connectivity index (χ2n) is 9.72. The number of carbonyl (C=O) groups excluding carboxylic acids is 1. The van der Waals surface area contributed by atoms with E-state index in [9.17, 15) is 4.79 Å². The lowest BCUT2D eigenvalue weighted by atomic mass is 10.1. The molecule has 2 aromatic carbocycles. The largest absolute Gasteiger partial charge is 0.493 e. The van der Waals surface area contributed by atoms with Gasteiger partial charge in [-0.2, -0.15) is 0 Å². The number of methoxy groups -OCH3 is 2. The molecule has 218 valence electrons. The molecule has 3 N–H and O–H groups in total. The molecular formula is C30H48N4O5. The molecule has 1 heterocycles. The number of rotatable bonds is 14. The lowest BCUT2D eigenvalue weighted by molar-refractivity contribution is 0.0754. The third-order valence-corrected chi connectivity index (χ3v) is 6.51. The van der Waals surface area contributed by atoms with Gasteiger partial charge in [0.15, 0.2) is 11.5 Å². The summed E-state index contributed by atoms with van der Waals surface area (Å²) in [5, 5.41) is 10.1. The van der Waals surface area contributed by atoms with E-state index in [1.165, 1.54) is 5.56 Å². The van der Waals surface area contributed by atoms with Crippen LogP contribution in [0.4, 0.5) is 5.69 Å². The van der Waals surface area contributed by atoms with Crippen molar-refractivity contribution in [3.05, 3.63) is 47.5 Å². The Bertz CT molecular complexity index is 1000. The maximum Gasteiger partial charge on any atom is 0.253 e. The van der Waals surface area contributed by atoms with Gasteiger partial charge in [0, 0.05) is 64.5 Å². The van der Waals surface area contributed by atoms with E-state index in [1.807, 2.05) is 20.9 Å². The first-order valence-electron chi connectivity index (χ1n) is 13.8. The van der Waals surface area contributed by atoms with Crippen molar-refractivity contribution in [3.8, 4) is 17.2 Å². The van der Waals surface area contributed by atoms with Crippen LogP contribution in [0.5, 0.6) is 17.2 Å². The Hall–Kier alpha value is -3.01. The quantitative estimate of drug-likeness (QED) is 0.305. The number of amides is 1. The minimum Gasteiger partial charge on any atom is -0.493 e. The number of ether oxygens (including phenoxy) is 4. The number of nitrogens with zero attached hydrogens (tertiary/aromatic N) is 1. The highest BCUT2D eigenvalue weighted by Gasteiger charge is 2.17. The molecule has 9 nitrogen and oxygen atoms in total. The van der Waals surface area contributed by atoms with E-state index in [4.69, 9.17) is 18.9 Å². The van der Waals surface area contributed by atoms with Crippen LogP contribution in [-0.2, 0) is 11.3 Å². The van der Waals surface area contributed by atoms with Gasteiger partial charge in [-0.15, -0.1) is 0 Å². The highest BCUT2D eigenvalue weighted by Crippen LogP contribution is 2.29. The fourth-order valence-corrected chi connectivity index (χ4v) is 3.91. The smallest absolute Gasteiger partial charge is 0.253 e. The van der Waals surface area contributed by atoms with Gasteiger partial charge in [-0.1, -0.05) is 13.0 Å². The highest BCUT2D eigenvalue weighted by molar-refractivity contribution is 5.95. The van der Waals surface area contributed by atoms with Gasteiger partial charge in [-0.3, -0.25) is 4.79 Å². The van der Waals surface area contributed by atoms with E-state index in [1.54, 1.807) is 44.4 Å². The Morgan fingerprint density at radius 2 is 1.92 bits per heavy atom. The number of anilines is 1. The standard InChI is InChI=1S/C16H25NO4.C14H23N3O/c1-12(2)17(3)16(18)13-7-8-14(20-5)15(11-13)21-10-6-9-19-4;1-3-12(10-15-2)17-9-11-4-5-14-13(8-11)16-6-7-18-14/h7-8,11-12H,6,9-10H2,1-5H3;4-5,8,12,15-17H,3,6-7,9-10H2,1-2H3. The molecule has 0 spiro atoms. The van der Waals surface area contributed by atoms with Crippen molar-refractivity contribution in [2.45, 2.75) is 52.2 Å². The maximum absolute atomic E-state index is 12.3. The predicted molar refractivity (Wildman–Crippen MR) is 157 cm³/mol. The van der Waals surface area contributed by atoms with Crippen LogP contribution < -0.4 is 30.2 Å². The van der Waals surface area contributed by atoms with Crippen molar-refractivity contribution in [2.24, 2.45) is 0 Å². The van der Waals surface area contributed by atoms with Gasteiger partial charge < -0.3 is 39.8 Å². The van der Waals surface area contributed by atoms with Crippen LogP contribution in [0, 0.1) is 0 Å². The Kier molecular flexibility index (Phi) is 14.5. The molecule has 1 aliphatic rings. The minimum absolute atomic E-state index is 0.0330. The Morgan fingerprint density at radius 3 is 2.59 bits per heavy atom. The molecule has 3 rings (SSSR count). The monoisotopic (exact) mass is 544 g/mol. The molecule has 9 heteroatoms. The summed E-state index contributed by atoms with van der Waals surface area (Å²) in [6.45, 7) is 10.9. The molecule has 1 amide bonds. The SMILES string of the molecule is CCC(CNC)NCc1ccc2c(c1)NCCO2.COCCCOc1cc(C(=O)N(C)C(C)C)ccc1OC. The summed E-state index contributed by atoms with van der Waals surface area (Å²) in [6.07, 6.45) is 1.91. The van der Waals surface area contributed by atoms with Gasteiger partial charge in [0.05, 0.1) is 19.4 Å². The summed E-state index contributed by atoms with van der Waals surface area (Å²) in [5.74, 6) is 2.13. The number of hydrogen-bond acceptors (Lipinski definition) is 8. The van der Waals surface area contributed by atoms with Gasteiger partial charge >= 0.3 is 0 Å². The molecule has 1 atom stereocenters. The molecule has 0 aromatic heterocycles. The summed E-state index contributed by atoms with van der Waals surface area (Å²) >= 11 is 0. The Labute approximate surface area is 234 Å². The fourth-order valence-electron chi connectivity index (χ4n) is 3.91. The molecule has 39 heavy (non-hydrogen) atoms. The minimum atomic E-state index is -0.0330. The molecule has 0 aliphatic carbocycles. The molecule has 0 radical (unpaired) electrons. The zero-order chi connectivity index (χ0) is 28.6. The lowest BCUT2D eigenvalue weighted by Crippen LogP contribution is -2.36. The first kappa shape index (κ1) is 32.2. The Balaban J connectivity index is 0.000000276. The number of likely N-dealkylation sites (N-methyl/N-ethyl adjacent to an activating group) is 1. The van der Waals surface area contributed by atoms with Crippen LogP contribution in [0.1, 0.15) is 49.5 Å². The predicted octanol–water partition coefficient (Wildman–Crippen LogP) is 4.17. The van der Waals surface area contributed by atoms with Crippen LogP contribution >= 0.6 is 0 Å². The van der Waals surface area contributed by atoms with Crippen LogP contribution in [0.3, 0.4) is 0 Å². The van der Waals surface area contributed by atoms with Crippen LogP contribution in [0.25, 0.3) is 0 Å². The number of fused-ring (bicyclic) bond motifs is 1. The van der Waals surface area contributed by atoms with Crippen molar-refractivity contribution in [2.75, 3.05) is 66.5 Å². The first-order chi connectivity index (χ1) is 18.8. The highest BCUT2D eigenvalue weighted by atomic mass is 16.5. The van der Waals surface area contributed by atoms with Crippen molar-refractivity contribution < 1.29 is 23.7 Å². The van der Waals surface area contributed by atoms with E-state index in [2.05, 4.69) is 41.1 Å². The normalized spacial score (nSPS) is 12.8. The van der Waals surface area contributed by atoms with Crippen LogP contribution in [0.2, 0.25) is 0 Å². The number of benzene rings is 2. The first-order valence-corrected chi connectivity index (χ1v) is 13.8. The molecule has 0 saturated carbocycles. The maximum atomic E-state index is 12.3. The Morgan fingerprint density at radius 1 is 1.13 bits per heavy atom. The van der Waals surface area contributed by atoms with E-state index in [-0.39, 0.29) is 11.9 Å².